The van der Waals surface area contributed by atoms with Crippen molar-refractivity contribution in [1.29, 1.82) is 0 Å². The molecule has 3 rings (SSSR count). The normalized spacial score (nSPS) is 14.1. The third-order valence-corrected chi connectivity index (χ3v) is 4.48. The molecule has 160 valence electrons. The van der Waals surface area contributed by atoms with Gasteiger partial charge in [0, 0.05) is 6.42 Å². The molecule has 1 aliphatic rings. The third kappa shape index (κ3) is 7.10. The number of nitrogens with zero attached hydrogens (tertiary/aromatic N) is 3. The number of halogens is 2. The molecule has 1 heterocycles. The van der Waals surface area contributed by atoms with Crippen LogP contribution in [0.25, 0.3) is 0 Å². The molecule has 0 saturated carbocycles. The molecule has 0 bridgehead atoms. The van der Waals surface area contributed by atoms with E-state index in [2.05, 4.69) is 44.1 Å². The fourth-order valence-corrected chi connectivity index (χ4v) is 3.12. The van der Waals surface area contributed by atoms with Gasteiger partial charge in [-0.1, -0.05) is 47.1 Å². The monoisotopic (exact) mass is 485 g/mol. The van der Waals surface area contributed by atoms with Crippen molar-refractivity contribution in [3.8, 4) is 5.75 Å². The molecule has 2 aromatic carbocycles. The minimum atomic E-state index is 0.194. The summed E-state index contributed by atoms with van der Waals surface area (Å²) in [5, 5.41) is 4.20. The van der Waals surface area contributed by atoms with E-state index in [1.807, 2.05) is 44.2 Å². The third-order valence-electron chi connectivity index (χ3n) is 4.48. The molecule has 0 spiro atoms. The molecule has 0 atom stereocenters. The van der Waals surface area contributed by atoms with Gasteiger partial charge in [0.15, 0.2) is 5.75 Å². The van der Waals surface area contributed by atoms with Gasteiger partial charge in [0.25, 0.3) is 0 Å². The predicted molar refractivity (Wildman–Crippen MR) is 125 cm³/mol. The zero-order valence-corrected chi connectivity index (χ0v) is 20.3. The number of hydrogen-bond acceptors (Lipinski definition) is 4. The van der Waals surface area contributed by atoms with Crippen molar-refractivity contribution in [3.63, 3.8) is 0 Å². The van der Waals surface area contributed by atoms with Crippen molar-refractivity contribution in [3.05, 3.63) is 70.9 Å². The zero-order chi connectivity index (χ0) is 22.1. The van der Waals surface area contributed by atoms with Gasteiger partial charge in [0.1, 0.15) is 0 Å². The van der Waals surface area contributed by atoms with Gasteiger partial charge in [-0.25, -0.2) is 4.99 Å². The Morgan fingerprint density at radius 2 is 1.60 bits per heavy atom. The number of oxime groups is 1. The SMILES string of the molecule is CC(=Nc1c(C)cc(C)cc1C)C1=CCC(/C(C)=N/Oc2ccccc2)=N1.[Cl][Fe][Cl]. The number of aliphatic imine (C=N–C) groups is 2. The van der Waals surface area contributed by atoms with Crippen molar-refractivity contribution in [2.45, 2.75) is 41.0 Å². The van der Waals surface area contributed by atoms with Gasteiger partial charge < -0.3 is 4.84 Å². The average molecular weight is 486 g/mol. The first-order valence-corrected chi connectivity index (χ1v) is 12.4. The van der Waals surface area contributed by atoms with Crippen LogP contribution in [0.1, 0.15) is 37.0 Å². The fourth-order valence-electron chi connectivity index (χ4n) is 3.12. The Morgan fingerprint density at radius 3 is 2.20 bits per heavy atom. The molecule has 4 nitrogen and oxygen atoms in total. The number of benzene rings is 2. The summed E-state index contributed by atoms with van der Waals surface area (Å²) in [6.45, 7) is 10.2. The molecule has 0 aliphatic carbocycles. The van der Waals surface area contributed by atoms with E-state index in [-0.39, 0.29) is 13.1 Å². The summed E-state index contributed by atoms with van der Waals surface area (Å²) in [5.74, 6) is 0.715. The topological polar surface area (TPSA) is 46.3 Å². The minimum absolute atomic E-state index is 0.194. The average Bonchev–Trinajstić information content (AvgIpc) is 3.20. The predicted octanol–water partition coefficient (Wildman–Crippen LogP) is 7.26. The van der Waals surface area contributed by atoms with Crippen LogP contribution in [-0.4, -0.2) is 17.1 Å². The van der Waals surface area contributed by atoms with E-state index in [1.54, 1.807) is 0 Å². The van der Waals surface area contributed by atoms with Crippen LogP contribution in [0.4, 0.5) is 5.69 Å². The zero-order valence-electron chi connectivity index (χ0n) is 17.7. The molecule has 0 aromatic heterocycles. The standard InChI is InChI=1S/C23H25N3O.2ClH.Fe/c1-15-13-16(2)23(17(3)14-15)24-18(4)21-11-12-22(25-21)19(5)26-27-20-9-7-6-8-10-20;;;/h6-11,13-14H,12H2,1-5H3;2*1H;/q;;;+2/p-2/b24-18?,26-19+;;;. The van der Waals surface area contributed by atoms with Gasteiger partial charge in [-0.2, -0.15) is 0 Å². The Balaban J connectivity index is 0.00000101. The van der Waals surface area contributed by atoms with Crippen LogP contribution in [-0.2, 0) is 13.1 Å². The summed E-state index contributed by atoms with van der Waals surface area (Å²) in [4.78, 5) is 15.0. The molecule has 0 unspecified atom stereocenters. The van der Waals surface area contributed by atoms with Crippen LogP contribution >= 0.6 is 20.2 Å². The quantitative estimate of drug-likeness (QED) is 0.249. The number of rotatable bonds is 5. The summed E-state index contributed by atoms with van der Waals surface area (Å²) in [5.41, 5.74) is 8.16. The van der Waals surface area contributed by atoms with E-state index in [9.17, 15) is 0 Å². The number of hydrogen-bond donors (Lipinski definition) is 0. The summed E-state index contributed by atoms with van der Waals surface area (Å²) in [6, 6.07) is 13.9. The summed E-state index contributed by atoms with van der Waals surface area (Å²) in [7, 11) is 9.53. The maximum atomic E-state index is 5.47. The molecule has 7 heteroatoms. The Labute approximate surface area is 193 Å². The second kappa shape index (κ2) is 12.1. The Bertz CT molecular complexity index is 976. The van der Waals surface area contributed by atoms with E-state index in [0.717, 1.165) is 34.9 Å². The van der Waals surface area contributed by atoms with E-state index in [1.165, 1.54) is 16.7 Å². The molecule has 2 aromatic rings. The van der Waals surface area contributed by atoms with Gasteiger partial charge in [0.2, 0.25) is 0 Å². The van der Waals surface area contributed by atoms with Crippen molar-refractivity contribution < 1.29 is 18.0 Å². The first-order chi connectivity index (χ1) is 14.3. The van der Waals surface area contributed by atoms with Crippen LogP contribution < -0.4 is 4.84 Å². The molecular weight excluding hydrogens is 461 g/mol. The number of para-hydroxylation sites is 1. The molecule has 30 heavy (non-hydrogen) atoms. The summed E-state index contributed by atoms with van der Waals surface area (Å²) < 4.78 is 0. The van der Waals surface area contributed by atoms with Crippen molar-refractivity contribution >= 4 is 43.0 Å². The van der Waals surface area contributed by atoms with E-state index in [0.29, 0.717) is 5.75 Å². The van der Waals surface area contributed by atoms with E-state index in [4.69, 9.17) is 35.0 Å². The summed E-state index contributed by atoms with van der Waals surface area (Å²) >= 11 is 0.194. The van der Waals surface area contributed by atoms with Crippen LogP contribution in [0.5, 0.6) is 5.75 Å². The van der Waals surface area contributed by atoms with Crippen molar-refractivity contribution in [2.24, 2.45) is 15.1 Å². The molecule has 1 aliphatic heterocycles. The van der Waals surface area contributed by atoms with Crippen LogP contribution in [0.15, 0.2) is 69.4 Å². The number of allylic oxidation sites excluding steroid dienone is 2. The first kappa shape index (κ1) is 24.4. The van der Waals surface area contributed by atoms with Crippen LogP contribution in [0.3, 0.4) is 0 Å². The second-order valence-electron chi connectivity index (χ2n) is 6.93. The Morgan fingerprint density at radius 1 is 1.00 bits per heavy atom. The molecule has 0 amide bonds. The van der Waals surface area contributed by atoms with Gasteiger partial charge in [-0.05, 0) is 57.9 Å². The first-order valence-electron chi connectivity index (χ1n) is 9.39. The van der Waals surface area contributed by atoms with Gasteiger partial charge in [-0.15, -0.1) is 0 Å². The van der Waals surface area contributed by atoms with Crippen molar-refractivity contribution in [1.82, 2.24) is 0 Å². The molecule has 0 saturated heterocycles. The van der Waals surface area contributed by atoms with Crippen molar-refractivity contribution in [2.75, 3.05) is 0 Å². The fraction of sp³-hybridized carbons (Fsp3) is 0.261. The molecule has 0 N–H and O–H groups in total. The number of aryl methyl sites for hydroxylation is 3. The molecule has 0 fully saturated rings. The van der Waals surface area contributed by atoms with Crippen LogP contribution in [0.2, 0.25) is 0 Å². The molecular formula is C23H25Cl2FeN3O. The Hall–Kier alpha value is -1.91. The van der Waals surface area contributed by atoms with Gasteiger partial charge in [-0.3, -0.25) is 4.99 Å². The van der Waals surface area contributed by atoms with Crippen LogP contribution in [0, 0.1) is 20.8 Å². The molecule has 0 radical (unpaired) electrons. The summed E-state index contributed by atoms with van der Waals surface area (Å²) in [6.07, 6.45) is 2.83. The van der Waals surface area contributed by atoms with E-state index >= 15 is 0 Å². The van der Waals surface area contributed by atoms with Gasteiger partial charge in [0.05, 0.1) is 28.5 Å². The van der Waals surface area contributed by atoms with Gasteiger partial charge >= 0.3 is 33.3 Å². The van der Waals surface area contributed by atoms with E-state index < -0.39 is 0 Å². The second-order valence-corrected chi connectivity index (χ2v) is 8.75. The Kier molecular flexibility index (Phi) is 9.80. The maximum absolute atomic E-state index is 5.47.